The van der Waals surface area contributed by atoms with Gasteiger partial charge in [-0.05, 0) is 41.8 Å². The number of hydrogen-bond donors (Lipinski definition) is 1. The summed E-state index contributed by atoms with van der Waals surface area (Å²) >= 11 is 0. The molecule has 1 amide bonds. The van der Waals surface area contributed by atoms with Crippen LogP contribution in [0.2, 0.25) is 0 Å². The normalized spacial score (nSPS) is 16.1. The zero-order valence-electron chi connectivity index (χ0n) is 17.6. The van der Waals surface area contributed by atoms with Crippen molar-refractivity contribution in [2.75, 3.05) is 40.4 Å². The van der Waals surface area contributed by atoms with Crippen LogP contribution in [0, 0.1) is 0 Å². The van der Waals surface area contributed by atoms with Crippen LogP contribution in [0.1, 0.15) is 24.5 Å². The van der Waals surface area contributed by atoms with Crippen LogP contribution in [-0.4, -0.2) is 51.2 Å². The number of quaternary nitrogens is 1. The van der Waals surface area contributed by atoms with Crippen LogP contribution in [0.5, 0.6) is 11.5 Å². The van der Waals surface area contributed by atoms with Crippen molar-refractivity contribution in [3.05, 3.63) is 65.7 Å². The van der Waals surface area contributed by atoms with Crippen molar-refractivity contribution in [1.82, 2.24) is 4.90 Å². The quantitative estimate of drug-likeness (QED) is 0.747. The molecule has 1 aliphatic rings. The first kappa shape index (κ1) is 20.9. The van der Waals surface area contributed by atoms with E-state index in [-0.39, 0.29) is 5.91 Å². The van der Waals surface area contributed by atoms with Gasteiger partial charge in [0.05, 0.1) is 27.3 Å². The maximum absolute atomic E-state index is 12.9. The number of carbonyl (C=O) groups excluding carboxylic acids is 1. The van der Waals surface area contributed by atoms with Crippen molar-refractivity contribution >= 4 is 11.5 Å². The summed E-state index contributed by atoms with van der Waals surface area (Å²) in [5.41, 5.74) is 3.72. The lowest BCUT2D eigenvalue weighted by molar-refractivity contribution is -0.887. The third kappa shape index (κ3) is 5.39. The second kappa shape index (κ2) is 10.1. The van der Waals surface area contributed by atoms with Crippen LogP contribution in [0.3, 0.4) is 0 Å². The fourth-order valence-electron chi connectivity index (χ4n) is 3.76. The van der Waals surface area contributed by atoms with E-state index in [2.05, 4.69) is 30.3 Å². The van der Waals surface area contributed by atoms with Gasteiger partial charge in [-0.15, -0.1) is 0 Å². The lowest BCUT2D eigenvalue weighted by Crippen LogP contribution is -3.13. The topological polar surface area (TPSA) is 43.2 Å². The molecule has 0 aliphatic carbocycles. The van der Waals surface area contributed by atoms with Crippen molar-refractivity contribution < 1.29 is 19.2 Å². The van der Waals surface area contributed by atoms with Crippen LogP contribution in [0.25, 0.3) is 5.57 Å². The molecule has 5 nitrogen and oxygen atoms in total. The summed E-state index contributed by atoms with van der Waals surface area (Å²) < 4.78 is 10.7. The smallest absolute Gasteiger partial charge is 0.278 e. The van der Waals surface area contributed by atoms with E-state index < -0.39 is 0 Å². The number of rotatable bonds is 8. The minimum absolute atomic E-state index is 0.189. The predicted molar refractivity (Wildman–Crippen MR) is 115 cm³/mol. The molecule has 0 aromatic heterocycles. The molecule has 0 radical (unpaired) electrons. The molecule has 154 valence electrons. The standard InChI is InChI=1S/C24H30N2O3/c1-4-26(17-19-10-11-22(28-2)23(16-19)29-3)24(27)18-25-14-12-21(13-15-25)20-8-6-5-7-9-20/h5-12,16H,4,13-15,17-18H2,1-3H3/p+1. The molecule has 29 heavy (non-hydrogen) atoms. The molecular formula is C24H31N2O3+. The molecular weight excluding hydrogens is 364 g/mol. The van der Waals surface area contributed by atoms with E-state index in [1.807, 2.05) is 36.1 Å². The lowest BCUT2D eigenvalue weighted by atomic mass is 9.99. The van der Waals surface area contributed by atoms with Crippen molar-refractivity contribution in [2.45, 2.75) is 19.9 Å². The molecule has 0 spiro atoms. The second-order valence-corrected chi connectivity index (χ2v) is 7.32. The molecule has 0 saturated carbocycles. The number of likely N-dealkylation sites (N-methyl/N-ethyl adjacent to an activating group) is 1. The Hall–Kier alpha value is -2.79. The Morgan fingerprint density at radius 2 is 1.83 bits per heavy atom. The minimum Gasteiger partial charge on any atom is -0.493 e. The van der Waals surface area contributed by atoms with E-state index in [1.54, 1.807) is 14.2 Å². The van der Waals surface area contributed by atoms with Gasteiger partial charge < -0.3 is 19.3 Å². The zero-order valence-corrected chi connectivity index (χ0v) is 17.6. The zero-order chi connectivity index (χ0) is 20.6. The Morgan fingerprint density at radius 1 is 1.07 bits per heavy atom. The Kier molecular flexibility index (Phi) is 7.30. The largest absolute Gasteiger partial charge is 0.493 e. The average molecular weight is 396 g/mol. The highest BCUT2D eigenvalue weighted by Crippen LogP contribution is 2.28. The average Bonchev–Trinajstić information content (AvgIpc) is 2.78. The van der Waals surface area contributed by atoms with Gasteiger partial charge in [-0.25, -0.2) is 0 Å². The second-order valence-electron chi connectivity index (χ2n) is 7.32. The summed E-state index contributed by atoms with van der Waals surface area (Å²) in [4.78, 5) is 16.1. The van der Waals surface area contributed by atoms with Crippen LogP contribution < -0.4 is 14.4 Å². The van der Waals surface area contributed by atoms with Gasteiger partial charge in [0.15, 0.2) is 18.0 Å². The van der Waals surface area contributed by atoms with Crippen LogP contribution in [0.4, 0.5) is 0 Å². The fourth-order valence-corrected chi connectivity index (χ4v) is 3.76. The number of benzene rings is 2. The van der Waals surface area contributed by atoms with Gasteiger partial charge in [-0.1, -0.05) is 36.4 Å². The summed E-state index contributed by atoms with van der Waals surface area (Å²) in [6.45, 7) is 5.70. The van der Waals surface area contributed by atoms with Crippen LogP contribution >= 0.6 is 0 Å². The number of nitrogens with one attached hydrogen (secondary N) is 1. The number of ether oxygens (including phenoxy) is 2. The molecule has 2 aromatic carbocycles. The number of methoxy groups -OCH3 is 2. The summed E-state index contributed by atoms with van der Waals surface area (Å²) in [5, 5.41) is 0. The predicted octanol–water partition coefficient (Wildman–Crippen LogP) is 2.42. The molecule has 1 N–H and O–H groups in total. The highest BCUT2D eigenvalue weighted by atomic mass is 16.5. The van der Waals surface area contributed by atoms with E-state index in [0.717, 1.165) is 25.1 Å². The van der Waals surface area contributed by atoms with Crippen molar-refractivity contribution in [3.63, 3.8) is 0 Å². The molecule has 1 aliphatic heterocycles. The SMILES string of the molecule is CCN(Cc1ccc(OC)c(OC)c1)C(=O)C[NH+]1CC=C(c2ccccc2)CC1. The minimum atomic E-state index is 0.189. The van der Waals surface area contributed by atoms with Gasteiger partial charge in [-0.2, -0.15) is 0 Å². The Morgan fingerprint density at radius 3 is 2.45 bits per heavy atom. The van der Waals surface area contributed by atoms with E-state index in [4.69, 9.17) is 9.47 Å². The maximum atomic E-state index is 12.9. The molecule has 0 saturated heterocycles. The summed E-state index contributed by atoms with van der Waals surface area (Å²) in [6.07, 6.45) is 3.29. The van der Waals surface area contributed by atoms with Crippen LogP contribution in [-0.2, 0) is 11.3 Å². The van der Waals surface area contributed by atoms with E-state index >= 15 is 0 Å². The van der Waals surface area contributed by atoms with Gasteiger partial charge in [0, 0.05) is 19.5 Å². The van der Waals surface area contributed by atoms with E-state index in [0.29, 0.717) is 31.1 Å². The van der Waals surface area contributed by atoms with Crippen molar-refractivity contribution in [1.29, 1.82) is 0 Å². The van der Waals surface area contributed by atoms with Gasteiger partial charge in [0.1, 0.15) is 0 Å². The fraction of sp³-hybridized carbons (Fsp3) is 0.375. The van der Waals surface area contributed by atoms with Gasteiger partial charge in [0.25, 0.3) is 5.91 Å². The van der Waals surface area contributed by atoms with Gasteiger partial charge in [0.2, 0.25) is 0 Å². The Labute approximate surface area is 173 Å². The molecule has 5 heteroatoms. The monoisotopic (exact) mass is 395 g/mol. The number of carbonyl (C=O) groups is 1. The highest BCUT2D eigenvalue weighted by molar-refractivity contribution is 5.77. The Balaban J connectivity index is 1.59. The third-order valence-corrected chi connectivity index (χ3v) is 5.49. The number of hydrogen-bond acceptors (Lipinski definition) is 3. The number of nitrogens with zero attached hydrogens (tertiary/aromatic N) is 1. The third-order valence-electron chi connectivity index (χ3n) is 5.49. The first-order valence-corrected chi connectivity index (χ1v) is 10.2. The molecule has 0 fully saturated rings. The Bertz CT molecular complexity index is 848. The first-order chi connectivity index (χ1) is 14.1. The molecule has 0 bridgehead atoms. The van der Waals surface area contributed by atoms with Crippen molar-refractivity contribution in [3.8, 4) is 11.5 Å². The van der Waals surface area contributed by atoms with Gasteiger partial charge in [-0.3, -0.25) is 4.79 Å². The molecule has 1 unspecified atom stereocenters. The molecule has 2 aromatic rings. The summed E-state index contributed by atoms with van der Waals surface area (Å²) in [7, 11) is 3.25. The first-order valence-electron chi connectivity index (χ1n) is 10.2. The molecule has 1 heterocycles. The number of amides is 1. The lowest BCUT2D eigenvalue weighted by Gasteiger charge is -2.27. The summed E-state index contributed by atoms with van der Waals surface area (Å²) in [5.74, 6) is 1.58. The van der Waals surface area contributed by atoms with Gasteiger partial charge >= 0.3 is 0 Å². The molecule has 1 atom stereocenters. The van der Waals surface area contributed by atoms with E-state index in [1.165, 1.54) is 16.0 Å². The summed E-state index contributed by atoms with van der Waals surface area (Å²) in [6, 6.07) is 16.3. The highest BCUT2D eigenvalue weighted by Gasteiger charge is 2.22. The van der Waals surface area contributed by atoms with E-state index in [9.17, 15) is 4.79 Å². The molecule has 3 rings (SSSR count). The van der Waals surface area contributed by atoms with Crippen molar-refractivity contribution in [2.24, 2.45) is 0 Å². The maximum Gasteiger partial charge on any atom is 0.278 e. The van der Waals surface area contributed by atoms with Crippen LogP contribution in [0.15, 0.2) is 54.6 Å².